The summed E-state index contributed by atoms with van der Waals surface area (Å²) in [5, 5.41) is 5.10. The number of hydrogen-bond donors (Lipinski definition) is 1. The molecule has 1 aliphatic heterocycles. The van der Waals surface area contributed by atoms with E-state index in [9.17, 15) is 18.0 Å². The summed E-state index contributed by atoms with van der Waals surface area (Å²) >= 11 is 1.26. The van der Waals surface area contributed by atoms with Gasteiger partial charge in [0.15, 0.2) is 10.8 Å². The van der Waals surface area contributed by atoms with Gasteiger partial charge >= 0.3 is 5.97 Å². The second kappa shape index (κ2) is 13.6. The molecular weight excluding hydrogens is 560 g/mol. The summed E-state index contributed by atoms with van der Waals surface area (Å²) in [6.07, 6.45) is 1.83. The fourth-order valence-corrected chi connectivity index (χ4v) is 7.13. The molecule has 3 aromatic rings. The Hall–Kier alpha value is -3.28. The van der Waals surface area contributed by atoms with E-state index in [1.807, 2.05) is 41.3 Å². The molecule has 1 aromatic heterocycles. The minimum Gasteiger partial charge on any atom is -0.461 e. The van der Waals surface area contributed by atoms with E-state index in [2.05, 4.69) is 31.1 Å². The molecule has 0 bridgehead atoms. The third kappa shape index (κ3) is 7.33. The zero-order chi connectivity index (χ0) is 29.6. The van der Waals surface area contributed by atoms with Crippen molar-refractivity contribution in [3.05, 3.63) is 76.3 Å². The lowest BCUT2D eigenvalue weighted by atomic mass is 10.0. The summed E-state index contributed by atoms with van der Waals surface area (Å²) in [5.41, 5.74) is 3.39. The van der Waals surface area contributed by atoms with Crippen LogP contribution < -0.4 is 10.2 Å². The molecule has 11 heteroatoms. The highest BCUT2D eigenvalue weighted by Gasteiger charge is 2.41. The number of nitrogens with one attached hydrogen (secondary N) is 1. The van der Waals surface area contributed by atoms with E-state index in [0.717, 1.165) is 24.0 Å². The molecule has 4 rings (SSSR count). The van der Waals surface area contributed by atoms with Gasteiger partial charge in [0.05, 0.1) is 11.5 Å². The maximum atomic E-state index is 13.8. The van der Waals surface area contributed by atoms with Gasteiger partial charge in [-0.1, -0.05) is 63.6 Å². The molecule has 2 heterocycles. The standard InChI is InChI=1S/C30H38N4O5S2/c1-5-7-22-10-14-25(15-11-22)41(37,38)34-17-16-33(30-32-26(20-40-30)29(36)39-6-2)19-27(34)28(35)31-18-23-8-12-24(13-9-23)21(3)4/h8-15,20-21,27H,5-7,16-19H2,1-4H3,(H,31,35)/t27-/m1/s1. The Kier molecular flexibility index (Phi) is 10.2. The highest BCUT2D eigenvalue weighted by atomic mass is 32.2. The highest BCUT2D eigenvalue weighted by molar-refractivity contribution is 7.89. The first kappa shape index (κ1) is 30.7. The van der Waals surface area contributed by atoms with E-state index in [1.54, 1.807) is 24.4 Å². The summed E-state index contributed by atoms with van der Waals surface area (Å²) < 4.78 is 34.0. The lowest BCUT2D eigenvalue weighted by molar-refractivity contribution is -0.125. The fourth-order valence-electron chi connectivity index (χ4n) is 4.73. The maximum absolute atomic E-state index is 13.8. The number of carbonyl (C=O) groups is 2. The number of ether oxygens (including phenoxy) is 1. The number of sulfonamides is 1. The van der Waals surface area contributed by atoms with Gasteiger partial charge in [-0.2, -0.15) is 4.31 Å². The number of aromatic nitrogens is 1. The Morgan fingerprint density at radius 2 is 1.73 bits per heavy atom. The van der Waals surface area contributed by atoms with E-state index < -0.39 is 27.9 Å². The maximum Gasteiger partial charge on any atom is 0.357 e. The van der Waals surface area contributed by atoms with Crippen LogP contribution in [0.3, 0.4) is 0 Å². The third-order valence-corrected chi connectivity index (χ3v) is 9.89. The largest absolute Gasteiger partial charge is 0.461 e. The molecule has 0 radical (unpaired) electrons. The van der Waals surface area contributed by atoms with Crippen LogP contribution in [0.5, 0.6) is 0 Å². The number of piperazine rings is 1. The van der Waals surface area contributed by atoms with Gasteiger partial charge in [0, 0.05) is 31.6 Å². The van der Waals surface area contributed by atoms with Crippen LogP contribution in [0, 0.1) is 0 Å². The number of amides is 1. The van der Waals surface area contributed by atoms with Crippen LogP contribution in [0.25, 0.3) is 0 Å². The normalized spacial score (nSPS) is 16.1. The molecule has 9 nitrogen and oxygen atoms in total. The quantitative estimate of drug-likeness (QED) is 0.322. The smallest absolute Gasteiger partial charge is 0.357 e. The minimum absolute atomic E-state index is 0.0918. The number of carbonyl (C=O) groups excluding carboxylic acids is 2. The van der Waals surface area contributed by atoms with Gasteiger partial charge in [0.25, 0.3) is 0 Å². The van der Waals surface area contributed by atoms with Gasteiger partial charge in [-0.3, -0.25) is 4.79 Å². The SMILES string of the molecule is CCCc1ccc(S(=O)(=O)N2CCN(c3nc(C(=O)OCC)cs3)C[C@@H]2C(=O)NCc2ccc(C(C)C)cc2)cc1. The van der Waals surface area contributed by atoms with Crippen molar-refractivity contribution in [1.29, 1.82) is 0 Å². The number of benzene rings is 2. The molecule has 2 aromatic carbocycles. The van der Waals surface area contributed by atoms with Crippen molar-refractivity contribution in [2.45, 2.75) is 63.9 Å². The number of rotatable bonds is 11. The zero-order valence-corrected chi connectivity index (χ0v) is 25.6. The predicted octanol–water partition coefficient (Wildman–Crippen LogP) is 4.59. The average Bonchev–Trinajstić information content (AvgIpc) is 3.47. The number of aryl methyl sites for hydroxylation is 1. The van der Waals surface area contributed by atoms with E-state index >= 15 is 0 Å². The molecule has 1 aliphatic rings. The van der Waals surface area contributed by atoms with E-state index in [4.69, 9.17) is 4.74 Å². The van der Waals surface area contributed by atoms with E-state index in [-0.39, 0.29) is 36.8 Å². The average molecular weight is 599 g/mol. The van der Waals surface area contributed by atoms with Crippen LogP contribution in [-0.2, 0) is 32.5 Å². The number of nitrogens with zero attached hydrogens (tertiary/aromatic N) is 3. The van der Waals surface area contributed by atoms with Crippen molar-refractivity contribution in [3.63, 3.8) is 0 Å². The summed E-state index contributed by atoms with van der Waals surface area (Å²) in [7, 11) is -3.95. The third-order valence-electron chi connectivity index (χ3n) is 7.06. The Labute approximate surface area is 246 Å². The lowest BCUT2D eigenvalue weighted by Gasteiger charge is -2.39. The van der Waals surface area contributed by atoms with Crippen molar-refractivity contribution in [2.24, 2.45) is 0 Å². The van der Waals surface area contributed by atoms with Gasteiger partial charge in [-0.25, -0.2) is 18.2 Å². The van der Waals surface area contributed by atoms with Gasteiger partial charge < -0.3 is 15.0 Å². The first-order chi connectivity index (χ1) is 19.6. The Bertz CT molecular complexity index is 1440. The van der Waals surface area contributed by atoms with Gasteiger partial charge in [-0.05, 0) is 48.1 Å². The van der Waals surface area contributed by atoms with Crippen molar-refractivity contribution in [2.75, 3.05) is 31.1 Å². The summed E-state index contributed by atoms with van der Waals surface area (Å²) in [5.74, 6) is -0.506. The van der Waals surface area contributed by atoms with Gasteiger partial charge in [-0.15, -0.1) is 11.3 Å². The van der Waals surface area contributed by atoms with Crippen molar-refractivity contribution in [3.8, 4) is 0 Å². The number of esters is 1. The molecule has 1 N–H and O–H groups in total. The molecule has 0 aliphatic carbocycles. The van der Waals surface area contributed by atoms with Crippen LogP contribution in [0.2, 0.25) is 0 Å². The monoisotopic (exact) mass is 598 g/mol. The van der Waals surface area contributed by atoms with Gasteiger partial charge in [0.1, 0.15) is 6.04 Å². The molecular formula is C30H38N4O5S2. The van der Waals surface area contributed by atoms with Crippen LogP contribution >= 0.6 is 11.3 Å². The Balaban J connectivity index is 1.57. The van der Waals surface area contributed by atoms with E-state index in [1.165, 1.54) is 21.2 Å². The van der Waals surface area contributed by atoms with Crippen molar-refractivity contribution in [1.82, 2.24) is 14.6 Å². The minimum atomic E-state index is -3.95. The summed E-state index contributed by atoms with van der Waals surface area (Å²) in [6, 6.07) is 13.9. The number of thiazole rings is 1. The second-order valence-electron chi connectivity index (χ2n) is 10.3. The first-order valence-corrected chi connectivity index (χ1v) is 16.3. The van der Waals surface area contributed by atoms with Crippen molar-refractivity contribution < 1.29 is 22.7 Å². The molecule has 41 heavy (non-hydrogen) atoms. The molecule has 1 amide bonds. The fraction of sp³-hybridized carbons (Fsp3) is 0.433. The lowest BCUT2D eigenvalue weighted by Crippen LogP contribution is -2.60. The Morgan fingerprint density at radius 3 is 2.37 bits per heavy atom. The molecule has 0 saturated carbocycles. The molecule has 0 spiro atoms. The predicted molar refractivity (Wildman–Crippen MR) is 161 cm³/mol. The molecule has 1 saturated heterocycles. The molecule has 1 fully saturated rings. The number of anilines is 1. The molecule has 1 atom stereocenters. The van der Waals surface area contributed by atoms with E-state index in [0.29, 0.717) is 17.6 Å². The van der Waals surface area contributed by atoms with Crippen LogP contribution in [0.4, 0.5) is 5.13 Å². The van der Waals surface area contributed by atoms with Crippen LogP contribution in [-0.4, -0.2) is 61.9 Å². The van der Waals surface area contributed by atoms with Crippen LogP contribution in [0.1, 0.15) is 67.2 Å². The number of hydrogen-bond acceptors (Lipinski definition) is 8. The topological polar surface area (TPSA) is 109 Å². The highest BCUT2D eigenvalue weighted by Crippen LogP contribution is 2.28. The molecule has 220 valence electrons. The Morgan fingerprint density at radius 1 is 1.05 bits per heavy atom. The summed E-state index contributed by atoms with van der Waals surface area (Å²) in [4.78, 5) is 32.2. The van der Waals surface area contributed by atoms with Crippen LogP contribution in [0.15, 0.2) is 58.8 Å². The summed E-state index contributed by atoms with van der Waals surface area (Å²) in [6.45, 7) is 9.07. The first-order valence-electron chi connectivity index (χ1n) is 14.0. The molecule has 0 unspecified atom stereocenters. The van der Waals surface area contributed by atoms with Gasteiger partial charge in [0.2, 0.25) is 15.9 Å². The second-order valence-corrected chi connectivity index (χ2v) is 13.0. The van der Waals surface area contributed by atoms with Crippen molar-refractivity contribution >= 4 is 38.4 Å². The zero-order valence-electron chi connectivity index (χ0n) is 24.0.